The van der Waals surface area contributed by atoms with E-state index in [9.17, 15) is 9.59 Å². The Kier molecular flexibility index (Phi) is 4.90. The van der Waals surface area contributed by atoms with Gasteiger partial charge in [0.15, 0.2) is 4.96 Å². The van der Waals surface area contributed by atoms with Crippen LogP contribution in [-0.2, 0) is 14.3 Å². The fraction of sp³-hybridized carbons (Fsp3) is 0.0952. The van der Waals surface area contributed by atoms with Gasteiger partial charge in [-0.15, -0.1) is 0 Å². The summed E-state index contributed by atoms with van der Waals surface area (Å²) < 4.78 is 13.2. The Morgan fingerprint density at radius 1 is 1.11 bits per heavy atom. The van der Waals surface area contributed by atoms with Crippen molar-refractivity contribution < 1.29 is 19.1 Å². The highest BCUT2D eigenvalue weighted by Gasteiger charge is 2.11. The predicted octanol–water partition coefficient (Wildman–Crippen LogP) is 4.24. The summed E-state index contributed by atoms with van der Waals surface area (Å²) in [4.78, 5) is 28.7. The zero-order valence-corrected chi connectivity index (χ0v) is 15.8. The maximum Gasteiger partial charge on any atom is 0.336 e. The lowest BCUT2D eigenvalue weighted by molar-refractivity contribution is -0.138. The molecule has 2 heterocycles. The topological polar surface area (TPSA) is 69.9 Å². The SMILES string of the molecule is CCOC(=O)C=CC(=O)Oc1cccc(-c2cn3c(n2)sc2ccccc23)c1. The van der Waals surface area contributed by atoms with Gasteiger partial charge in [0.25, 0.3) is 0 Å². The van der Waals surface area contributed by atoms with Gasteiger partial charge in [-0.2, -0.15) is 0 Å². The second-order valence-electron chi connectivity index (χ2n) is 5.88. The fourth-order valence-electron chi connectivity index (χ4n) is 2.78. The summed E-state index contributed by atoms with van der Waals surface area (Å²) in [6.45, 7) is 1.94. The lowest BCUT2D eigenvalue weighted by Crippen LogP contribution is -2.06. The summed E-state index contributed by atoms with van der Waals surface area (Å²) in [7, 11) is 0. The summed E-state index contributed by atoms with van der Waals surface area (Å²) in [6, 6.07) is 15.2. The van der Waals surface area contributed by atoms with Crippen molar-refractivity contribution >= 4 is 38.5 Å². The number of para-hydroxylation sites is 1. The summed E-state index contributed by atoms with van der Waals surface area (Å²) in [6.07, 6.45) is 4.06. The molecule has 0 fully saturated rings. The number of carbonyl (C=O) groups excluding carboxylic acids is 2. The van der Waals surface area contributed by atoms with E-state index in [1.165, 1.54) is 4.70 Å². The third kappa shape index (κ3) is 3.65. The minimum absolute atomic E-state index is 0.248. The Balaban J connectivity index is 1.56. The molecule has 0 unspecified atom stereocenters. The van der Waals surface area contributed by atoms with Gasteiger partial charge >= 0.3 is 11.9 Å². The number of benzene rings is 2. The van der Waals surface area contributed by atoms with E-state index in [0.29, 0.717) is 5.75 Å². The Morgan fingerprint density at radius 3 is 2.79 bits per heavy atom. The number of carbonyl (C=O) groups is 2. The summed E-state index contributed by atoms with van der Waals surface area (Å²) in [5.74, 6) is -0.863. The summed E-state index contributed by atoms with van der Waals surface area (Å²) in [5.41, 5.74) is 2.73. The molecular weight excluding hydrogens is 376 g/mol. The van der Waals surface area contributed by atoms with E-state index in [-0.39, 0.29) is 6.61 Å². The first kappa shape index (κ1) is 17.9. The largest absolute Gasteiger partial charge is 0.463 e. The molecule has 0 aliphatic rings. The number of aromatic nitrogens is 2. The molecule has 0 spiro atoms. The molecule has 4 aromatic rings. The predicted molar refractivity (Wildman–Crippen MR) is 107 cm³/mol. The second-order valence-corrected chi connectivity index (χ2v) is 6.89. The average molecular weight is 392 g/mol. The monoisotopic (exact) mass is 392 g/mol. The molecule has 2 aromatic carbocycles. The van der Waals surface area contributed by atoms with Gasteiger partial charge in [0.2, 0.25) is 0 Å². The Labute approximate surface area is 164 Å². The fourth-order valence-corrected chi connectivity index (χ4v) is 3.79. The number of esters is 2. The maximum absolute atomic E-state index is 11.9. The minimum Gasteiger partial charge on any atom is -0.463 e. The second kappa shape index (κ2) is 7.66. The van der Waals surface area contributed by atoms with Gasteiger partial charge in [-0.3, -0.25) is 4.40 Å². The van der Waals surface area contributed by atoms with Crippen LogP contribution >= 0.6 is 11.3 Å². The molecule has 0 N–H and O–H groups in total. The van der Waals surface area contributed by atoms with Crippen LogP contribution in [0.5, 0.6) is 5.75 Å². The van der Waals surface area contributed by atoms with Crippen LogP contribution in [0.15, 0.2) is 66.9 Å². The van der Waals surface area contributed by atoms with Crippen LogP contribution in [0.25, 0.3) is 26.4 Å². The Bertz CT molecular complexity index is 1210. The molecule has 28 heavy (non-hydrogen) atoms. The molecule has 140 valence electrons. The molecular formula is C21H16N2O4S. The van der Waals surface area contributed by atoms with Crippen LogP contribution < -0.4 is 4.74 Å². The average Bonchev–Trinajstić information content (AvgIpc) is 3.25. The number of ether oxygens (including phenoxy) is 2. The standard InChI is InChI=1S/C21H16N2O4S/c1-2-26-19(24)10-11-20(25)27-15-7-5-6-14(12-15)16-13-23-17-8-3-4-9-18(17)28-21(23)22-16/h3-13H,2H2,1H3. The molecule has 6 nitrogen and oxygen atoms in total. The zero-order valence-electron chi connectivity index (χ0n) is 15.0. The van der Waals surface area contributed by atoms with Crippen molar-refractivity contribution in [2.24, 2.45) is 0 Å². The van der Waals surface area contributed by atoms with Crippen molar-refractivity contribution in [3.63, 3.8) is 0 Å². The van der Waals surface area contributed by atoms with E-state index in [1.807, 2.05) is 24.4 Å². The van der Waals surface area contributed by atoms with Crippen molar-refractivity contribution in [3.05, 3.63) is 66.9 Å². The van der Waals surface area contributed by atoms with E-state index < -0.39 is 11.9 Å². The van der Waals surface area contributed by atoms with Gasteiger partial charge in [0, 0.05) is 23.9 Å². The smallest absolute Gasteiger partial charge is 0.336 e. The van der Waals surface area contributed by atoms with E-state index in [0.717, 1.165) is 33.9 Å². The Morgan fingerprint density at radius 2 is 1.93 bits per heavy atom. The van der Waals surface area contributed by atoms with Crippen LogP contribution in [0.4, 0.5) is 0 Å². The highest BCUT2D eigenvalue weighted by Crippen LogP contribution is 2.30. The van der Waals surface area contributed by atoms with E-state index in [2.05, 4.69) is 21.5 Å². The molecule has 4 rings (SSSR count). The molecule has 0 saturated carbocycles. The van der Waals surface area contributed by atoms with Gasteiger partial charge in [-0.1, -0.05) is 35.6 Å². The maximum atomic E-state index is 11.9. The molecule has 0 bridgehead atoms. The van der Waals surface area contributed by atoms with Crippen molar-refractivity contribution in [1.82, 2.24) is 9.38 Å². The van der Waals surface area contributed by atoms with Crippen molar-refractivity contribution in [2.45, 2.75) is 6.92 Å². The van der Waals surface area contributed by atoms with Crippen molar-refractivity contribution in [3.8, 4) is 17.0 Å². The number of thiazole rings is 1. The quantitative estimate of drug-likeness (QED) is 0.289. The normalized spacial score (nSPS) is 11.3. The van der Waals surface area contributed by atoms with Gasteiger partial charge in [0.05, 0.1) is 22.5 Å². The van der Waals surface area contributed by atoms with E-state index in [4.69, 9.17) is 9.47 Å². The third-order valence-corrected chi connectivity index (χ3v) is 5.03. The Hall–Kier alpha value is -3.45. The molecule has 7 heteroatoms. The van der Waals surface area contributed by atoms with Crippen LogP contribution in [0, 0.1) is 0 Å². The third-order valence-electron chi connectivity index (χ3n) is 3.99. The molecule has 0 atom stereocenters. The van der Waals surface area contributed by atoms with Crippen LogP contribution in [-0.4, -0.2) is 27.9 Å². The first-order valence-electron chi connectivity index (χ1n) is 8.68. The van der Waals surface area contributed by atoms with E-state index in [1.54, 1.807) is 36.5 Å². The molecule has 0 aliphatic heterocycles. The van der Waals surface area contributed by atoms with Gasteiger partial charge in [-0.25, -0.2) is 14.6 Å². The molecule has 2 aromatic heterocycles. The first-order valence-corrected chi connectivity index (χ1v) is 9.49. The van der Waals surface area contributed by atoms with Gasteiger partial charge < -0.3 is 9.47 Å². The lowest BCUT2D eigenvalue weighted by atomic mass is 10.1. The summed E-state index contributed by atoms with van der Waals surface area (Å²) >= 11 is 1.62. The minimum atomic E-state index is -0.651. The number of fused-ring (bicyclic) bond motifs is 3. The molecule has 0 saturated heterocycles. The number of rotatable bonds is 5. The first-order chi connectivity index (χ1) is 13.6. The number of nitrogens with zero attached hydrogens (tertiary/aromatic N) is 2. The number of imidazole rings is 1. The van der Waals surface area contributed by atoms with Gasteiger partial charge in [-0.05, 0) is 31.2 Å². The van der Waals surface area contributed by atoms with Crippen LogP contribution in [0.3, 0.4) is 0 Å². The zero-order chi connectivity index (χ0) is 19.5. The number of hydrogen-bond donors (Lipinski definition) is 0. The lowest BCUT2D eigenvalue weighted by Gasteiger charge is -2.03. The van der Waals surface area contributed by atoms with Crippen LogP contribution in [0.2, 0.25) is 0 Å². The molecule has 0 amide bonds. The van der Waals surface area contributed by atoms with Crippen LogP contribution in [0.1, 0.15) is 6.92 Å². The summed E-state index contributed by atoms with van der Waals surface area (Å²) in [5, 5.41) is 0. The molecule has 0 aliphatic carbocycles. The highest BCUT2D eigenvalue weighted by atomic mass is 32.1. The van der Waals surface area contributed by atoms with Crippen molar-refractivity contribution in [2.75, 3.05) is 6.61 Å². The van der Waals surface area contributed by atoms with Gasteiger partial charge in [0.1, 0.15) is 5.75 Å². The van der Waals surface area contributed by atoms with Crippen molar-refractivity contribution in [1.29, 1.82) is 0 Å². The number of hydrogen-bond acceptors (Lipinski definition) is 6. The highest BCUT2D eigenvalue weighted by molar-refractivity contribution is 7.23. The van der Waals surface area contributed by atoms with E-state index >= 15 is 0 Å². The molecule has 0 radical (unpaired) electrons.